The lowest BCUT2D eigenvalue weighted by Crippen LogP contribution is -2.27. The highest BCUT2D eigenvalue weighted by Crippen LogP contribution is 2.28. The van der Waals surface area contributed by atoms with E-state index in [0.29, 0.717) is 6.04 Å². The number of aliphatic hydroxyl groups excluding tert-OH is 1. The zero-order valence-corrected chi connectivity index (χ0v) is 10.4. The number of unbranched alkanes of at least 4 members (excludes halogenated alkanes) is 1. The van der Waals surface area contributed by atoms with Gasteiger partial charge >= 0.3 is 0 Å². The van der Waals surface area contributed by atoms with Gasteiger partial charge in [-0.15, -0.1) is 0 Å². The van der Waals surface area contributed by atoms with Crippen LogP contribution in [0.3, 0.4) is 0 Å². The molecule has 1 heterocycles. The summed E-state index contributed by atoms with van der Waals surface area (Å²) in [6.07, 6.45) is 5.26. The van der Waals surface area contributed by atoms with Crippen LogP contribution in [0.5, 0.6) is 0 Å². The fourth-order valence-corrected chi connectivity index (χ4v) is 1.93. The molecule has 1 fully saturated rings. The van der Waals surface area contributed by atoms with Crippen molar-refractivity contribution >= 4 is 0 Å². The molecule has 1 aromatic rings. The molecular formula is C12H21N3O2. The molecule has 0 unspecified atom stereocenters. The van der Waals surface area contributed by atoms with E-state index in [0.717, 1.165) is 44.1 Å². The van der Waals surface area contributed by atoms with E-state index in [2.05, 4.69) is 15.0 Å². The van der Waals surface area contributed by atoms with E-state index >= 15 is 0 Å². The van der Waals surface area contributed by atoms with E-state index < -0.39 is 0 Å². The van der Waals surface area contributed by atoms with Crippen molar-refractivity contribution in [2.24, 2.45) is 0 Å². The van der Waals surface area contributed by atoms with Crippen molar-refractivity contribution in [3.8, 4) is 0 Å². The van der Waals surface area contributed by atoms with Crippen LogP contribution >= 0.6 is 0 Å². The molecule has 1 N–H and O–H groups in total. The molecule has 0 aliphatic heterocycles. The van der Waals surface area contributed by atoms with Crippen molar-refractivity contribution in [3.63, 3.8) is 0 Å². The second-order valence-electron chi connectivity index (χ2n) is 4.59. The van der Waals surface area contributed by atoms with Gasteiger partial charge in [-0.1, -0.05) is 12.1 Å². The van der Waals surface area contributed by atoms with Gasteiger partial charge in [-0.25, -0.2) is 0 Å². The zero-order valence-electron chi connectivity index (χ0n) is 10.4. The molecule has 17 heavy (non-hydrogen) atoms. The molecule has 0 saturated heterocycles. The summed E-state index contributed by atoms with van der Waals surface area (Å²) < 4.78 is 5.22. The molecule has 1 aromatic heterocycles. The first-order valence-electron chi connectivity index (χ1n) is 6.50. The normalized spacial score (nSPS) is 15.7. The monoisotopic (exact) mass is 239 g/mol. The Hall–Kier alpha value is -0.940. The largest absolute Gasteiger partial charge is 0.396 e. The lowest BCUT2D eigenvalue weighted by Gasteiger charge is -2.19. The summed E-state index contributed by atoms with van der Waals surface area (Å²) in [6, 6.07) is 0.686. The Morgan fingerprint density at radius 2 is 2.24 bits per heavy atom. The Bertz CT molecular complexity index is 336. The SMILES string of the molecule is CCc1noc(CN(CCCCO)C2CC2)n1. The van der Waals surface area contributed by atoms with Crippen LogP contribution in [0.4, 0.5) is 0 Å². The highest BCUT2D eigenvalue weighted by atomic mass is 16.5. The smallest absolute Gasteiger partial charge is 0.240 e. The molecule has 0 spiro atoms. The summed E-state index contributed by atoms with van der Waals surface area (Å²) in [7, 11) is 0. The number of aryl methyl sites for hydroxylation is 1. The van der Waals surface area contributed by atoms with Gasteiger partial charge < -0.3 is 9.63 Å². The fraction of sp³-hybridized carbons (Fsp3) is 0.833. The van der Waals surface area contributed by atoms with Gasteiger partial charge in [0.15, 0.2) is 5.82 Å². The van der Waals surface area contributed by atoms with Crippen LogP contribution in [0.1, 0.15) is 44.3 Å². The molecule has 0 aromatic carbocycles. The van der Waals surface area contributed by atoms with E-state index in [1.807, 2.05) is 6.92 Å². The fourth-order valence-electron chi connectivity index (χ4n) is 1.93. The lowest BCUT2D eigenvalue weighted by atomic mass is 10.3. The zero-order chi connectivity index (χ0) is 12.1. The lowest BCUT2D eigenvalue weighted by molar-refractivity contribution is 0.203. The van der Waals surface area contributed by atoms with Crippen LogP contribution in [0.25, 0.3) is 0 Å². The summed E-state index contributed by atoms with van der Waals surface area (Å²) in [6.45, 7) is 4.06. The topological polar surface area (TPSA) is 62.4 Å². The van der Waals surface area contributed by atoms with E-state index in [1.165, 1.54) is 12.8 Å². The first-order chi connectivity index (χ1) is 8.33. The summed E-state index contributed by atoms with van der Waals surface area (Å²) in [4.78, 5) is 6.73. The van der Waals surface area contributed by atoms with Crippen molar-refractivity contribution in [3.05, 3.63) is 11.7 Å². The van der Waals surface area contributed by atoms with Gasteiger partial charge in [-0.05, 0) is 32.2 Å². The van der Waals surface area contributed by atoms with Crippen LogP contribution in [0.15, 0.2) is 4.52 Å². The molecule has 0 bridgehead atoms. The Balaban J connectivity index is 1.83. The molecule has 5 heteroatoms. The first-order valence-corrected chi connectivity index (χ1v) is 6.50. The van der Waals surface area contributed by atoms with Crippen LogP contribution < -0.4 is 0 Å². The molecule has 0 atom stereocenters. The van der Waals surface area contributed by atoms with Crippen LogP contribution in [0, 0.1) is 0 Å². The first kappa shape index (κ1) is 12.5. The van der Waals surface area contributed by atoms with Crippen molar-refractivity contribution in [1.82, 2.24) is 15.0 Å². The number of hydrogen-bond donors (Lipinski definition) is 1. The average Bonchev–Trinajstić information content (AvgIpc) is 3.09. The molecule has 1 saturated carbocycles. The standard InChI is InChI=1S/C12H21N3O2/c1-2-11-13-12(17-14-11)9-15(10-5-6-10)7-3-4-8-16/h10,16H,2-9H2,1H3. The third-order valence-electron chi connectivity index (χ3n) is 3.08. The van der Waals surface area contributed by atoms with Crippen LogP contribution in [-0.2, 0) is 13.0 Å². The van der Waals surface area contributed by atoms with E-state index in [1.54, 1.807) is 0 Å². The van der Waals surface area contributed by atoms with Crippen molar-refractivity contribution in [2.75, 3.05) is 13.2 Å². The van der Waals surface area contributed by atoms with Gasteiger partial charge in [-0.2, -0.15) is 4.98 Å². The molecule has 0 amide bonds. The van der Waals surface area contributed by atoms with Gasteiger partial charge in [0.2, 0.25) is 5.89 Å². The molecule has 5 nitrogen and oxygen atoms in total. The number of rotatable bonds is 8. The third-order valence-corrected chi connectivity index (χ3v) is 3.08. The van der Waals surface area contributed by atoms with Gasteiger partial charge in [0.1, 0.15) is 0 Å². The van der Waals surface area contributed by atoms with Crippen molar-refractivity contribution in [1.29, 1.82) is 0 Å². The second-order valence-corrected chi connectivity index (χ2v) is 4.59. The van der Waals surface area contributed by atoms with Crippen molar-refractivity contribution in [2.45, 2.75) is 51.6 Å². The molecule has 0 radical (unpaired) electrons. The van der Waals surface area contributed by atoms with Gasteiger partial charge in [0.05, 0.1) is 6.54 Å². The van der Waals surface area contributed by atoms with E-state index in [4.69, 9.17) is 9.63 Å². The third kappa shape index (κ3) is 3.78. The second kappa shape index (κ2) is 6.12. The Morgan fingerprint density at radius 3 is 2.82 bits per heavy atom. The number of aromatic nitrogens is 2. The number of hydrogen-bond acceptors (Lipinski definition) is 5. The highest BCUT2D eigenvalue weighted by Gasteiger charge is 2.29. The maximum Gasteiger partial charge on any atom is 0.240 e. The molecule has 1 aliphatic carbocycles. The summed E-state index contributed by atoms with van der Waals surface area (Å²) in [5, 5.41) is 12.7. The van der Waals surface area contributed by atoms with Gasteiger partial charge in [0, 0.05) is 19.1 Å². The van der Waals surface area contributed by atoms with Crippen LogP contribution in [0.2, 0.25) is 0 Å². The highest BCUT2D eigenvalue weighted by molar-refractivity contribution is 4.90. The van der Waals surface area contributed by atoms with Crippen LogP contribution in [-0.4, -0.2) is 39.3 Å². The molecule has 96 valence electrons. The quantitative estimate of drug-likeness (QED) is 0.694. The number of aliphatic hydroxyl groups is 1. The Labute approximate surface area is 102 Å². The maximum atomic E-state index is 8.80. The summed E-state index contributed by atoms with van der Waals surface area (Å²) in [5.41, 5.74) is 0. The summed E-state index contributed by atoms with van der Waals surface area (Å²) in [5.74, 6) is 1.50. The predicted octanol–water partition coefficient (Wildman–Crippen LogP) is 1.37. The number of nitrogens with zero attached hydrogens (tertiary/aromatic N) is 3. The molecule has 1 aliphatic rings. The van der Waals surface area contributed by atoms with Gasteiger partial charge in [-0.3, -0.25) is 4.90 Å². The minimum atomic E-state index is 0.277. The van der Waals surface area contributed by atoms with Crippen molar-refractivity contribution < 1.29 is 9.63 Å². The molecule has 2 rings (SSSR count). The molecular weight excluding hydrogens is 218 g/mol. The maximum absolute atomic E-state index is 8.80. The summed E-state index contributed by atoms with van der Waals surface area (Å²) >= 11 is 0. The van der Waals surface area contributed by atoms with Gasteiger partial charge in [0.25, 0.3) is 0 Å². The minimum absolute atomic E-state index is 0.277. The Kier molecular flexibility index (Phi) is 4.50. The van der Waals surface area contributed by atoms with E-state index in [-0.39, 0.29) is 6.61 Å². The predicted molar refractivity (Wildman–Crippen MR) is 63.4 cm³/mol. The Morgan fingerprint density at radius 1 is 1.41 bits per heavy atom. The average molecular weight is 239 g/mol. The minimum Gasteiger partial charge on any atom is -0.396 e. The van der Waals surface area contributed by atoms with E-state index in [9.17, 15) is 0 Å².